The normalized spacial score (nSPS) is 10.7. The van der Waals surface area contributed by atoms with Crippen molar-refractivity contribution in [3.8, 4) is 22.8 Å². The molecule has 32 heavy (non-hydrogen) atoms. The number of ether oxygens (including phenoxy) is 1. The van der Waals surface area contributed by atoms with E-state index in [0.29, 0.717) is 11.0 Å². The van der Waals surface area contributed by atoms with Gasteiger partial charge in [-0.25, -0.2) is 0 Å². The number of nitrogens with zero attached hydrogens (tertiary/aromatic N) is 4. The minimum Gasteiger partial charge on any atom is -0.497 e. The molecule has 7 nitrogen and oxygen atoms in total. The first-order valence-electron chi connectivity index (χ1n) is 9.74. The van der Waals surface area contributed by atoms with Crippen LogP contribution in [-0.2, 0) is 4.79 Å². The molecule has 1 amide bonds. The summed E-state index contributed by atoms with van der Waals surface area (Å²) in [7, 11) is 1.63. The number of halogens is 1. The fourth-order valence-electron chi connectivity index (χ4n) is 3.05. The Bertz CT molecular complexity index is 1230. The van der Waals surface area contributed by atoms with Crippen LogP contribution in [0.1, 0.15) is 5.56 Å². The lowest BCUT2D eigenvalue weighted by molar-refractivity contribution is -0.113. The van der Waals surface area contributed by atoms with Crippen molar-refractivity contribution in [1.82, 2.24) is 19.7 Å². The van der Waals surface area contributed by atoms with Gasteiger partial charge in [-0.1, -0.05) is 17.8 Å². The highest BCUT2D eigenvalue weighted by Gasteiger charge is 2.18. The molecule has 2 aromatic carbocycles. The zero-order valence-corrected chi connectivity index (χ0v) is 19.9. The van der Waals surface area contributed by atoms with Gasteiger partial charge in [0.05, 0.1) is 18.6 Å². The van der Waals surface area contributed by atoms with Crippen LogP contribution in [0.3, 0.4) is 0 Å². The van der Waals surface area contributed by atoms with Gasteiger partial charge in [0.2, 0.25) is 5.91 Å². The summed E-state index contributed by atoms with van der Waals surface area (Å²) in [4.78, 5) is 16.7. The molecule has 4 rings (SSSR count). The zero-order valence-electron chi connectivity index (χ0n) is 17.4. The summed E-state index contributed by atoms with van der Waals surface area (Å²) in [6.45, 7) is 2.00. The Morgan fingerprint density at radius 2 is 1.84 bits per heavy atom. The molecule has 0 aliphatic carbocycles. The number of anilines is 1. The topological polar surface area (TPSA) is 81.9 Å². The third-order valence-electron chi connectivity index (χ3n) is 4.63. The number of thioether (sulfide) groups is 1. The maximum absolute atomic E-state index is 12.6. The van der Waals surface area contributed by atoms with Gasteiger partial charge in [-0.05, 0) is 76.9 Å². The van der Waals surface area contributed by atoms with Crippen LogP contribution in [0.25, 0.3) is 17.1 Å². The molecule has 0 saturated heterocycles. The molecule has 0 atom stereocenters. The Hall–Kier alpha value is -3.17. The Balaban J connectivity index is 1.59. The number of nitrogens with one attached hydrogen (secondary N) is 1. The first kappa shape index (κ1) is 22.0. The number of aryl methyl sites for hydroxylation is 1. The number of amides is 1. The van der Waals surface area contributed by atoms with Crippen molar-refractivity contribution in [2.24, 2.45) is 0 Å². The Morgan fingerprint density at radius 1 is 1.09 bits per heavy atom. The number of methoxy groups -OCH3 is 1. The highest BCUT2D eigenvalue weighted by atomic mass is 79.9. The Kier molecular flexibility index (Phi) is 6.87. The number of hydrogen-bond acceptors (Lipinski definition) is 6. The third-order valence-corrected chi connectivity index (χ3v) is 6.22. The molecule has 0 bridgehead atoms. The molecule has 0 fully saturated rings. The van der Waals surface area contributed by atoms with Crippen molar-refractivity contribution in [3.05, 3.63) is 77.0 Å². The summed E-state index contributed by atoms with van der Waals surface area (Å²) in [5.41, 5.74) is 3.59. The maximum Gasteiger partial charge on any atom is 0.234 e. The number of carbonyl (C=O) groups is 1. The molecule has 0 unspecified atom stereocenters. The summed E-state index contributed by atoms with van der Waals surface area (Å²) in [6.07, 6.45) is 3.42. The van der Waals surface area contributed by atoms with Gasteiger partial charge in [0.25, 0.3) is 0 Å². The zero-order chi connectivity index (χ0) is 22.5. The lowest BCUT2D eigenvalue weighted by Crippen LogP contribution is -2.15. The number of aromatic nitrogens is 4. The monoisotopic (exact) mass is 509 g/mol. The molecular weight excluding hydrogens is 490 g/mol. The molecule has 9 heteroatoms. The van der Waals surface area contributed by atoms with Crippen LogP contribution in [0.2, 0.25) is 0 Å². The van der Waals surface area contributed by atoms with Gasteiger partial charge in [-0.2, -0.15) is 0 Å². The van der Waals surface area contributed by atoms with Crippen molar-refractivity contribution in [2.45, 2.75) is 12.1 Å². The number of pyridine rings is 1. The van der Waals surface area contributed by atoms with Gasteiger partial charge in [0.15, 0.2) is 11.0 Å². The first-order chi connectivity index (χ1) is 15.5. The summed E-state index contributed by atoms with van der Waals surface area (Å²) in [5.74, 6) is 1.48. The van der Waals surface area contributed by atoms with E-state index in [0.717, 1.165) is 32.7 Å². The molecule has 0 aliphatic rings. The van der Waals surface area contributed by atoms with Gasteiger partial charge < -0.3 is 10.1 Å². The SMILES string of the molecule is COc1ccc(-n2c(SCC(=O)Nc3ccc(C)cc3Br)nnc2-c2ccncc2)cc1. The van der Waals surface area contributed by atoms with Crippen LogP contribution in [0.4, 0.5) is 5.69 Å². The largest absolute Gasteiger partial charge is 0.497 e. The van der Waals surface area contributed by atoms with E-state index in [1.54, 1.807) is 19.5 Å². The average Bonchev–Trinajstić information content (AvgIpc) is 3.24. The van der Waals surface area contributed by atoms with Crippen LogP contribution in [-0.4, -0.2) is 38.5 Å². The molecule has 4 aromatic rings. The van der Waals surface area contributed by atoms with E-state index in [4.69, 9.17) is 4.74 Å². The number of carbonyl (C=O) groups excluding carboxylic acids is 1. The minimum atomic E-state index is -0.130. The van der Waals surface area contributed by atoms with Gasteiger partial charge in [0, 0.05) is 28.1 Å². The number of hydrogen-bond donors (Lipinski definition) is 1. The van der Waals surface area contributed by atoms with Gasteiger partial charge >= 0.3 is 0 Å². The summed E-state index contributed by atoms with van der Waals surface area (Å²) < 4.78 is 8.04. The van der Waals surface area contributed by atoms with Gasteiger partial charge in [0.1, 0.15) is 5.75 Å². The van der Waals surface area contributed by atoms with E-state index in [1.807, 2.05) is 66.1 Å². The summed E-state index contributed by atoms with van der Waals surface area (Å²) in [5, 5.41) is 12.3. The van der Waals surface area contributed by atoms with Crippen LogP contribution in [0.15, 0.2) is 76.6 Å². The van der Waals surface area contributed by atoms with Crippen LogP contribution in [0, 0.1) is 6.92 Å². The highest BCUT2D eigenvalue weighted by Crippen LogP contribution is 2.29. The van der Waals surface area contributed by atoms with Gasteiger partial charge in [-0.15, -0.1) is 10.2 Å². The fourth-order valence-corrected chi connectivity index (χ4v) is 4.40. The second-order valence-electron chi connectivity index (χ2n) is 6.90. The van der Waals surface area contributed by atoms with E-state index in [9.17, 15) is 4.79 Å². The van der Waals surface area contributed by atoms with E-state index in [2.05, 4.69) is 36.4 Å². The van der Waals surface area contributed by atoms with Crippen LogP contribution >= 0.6 is 27.7 Å². The van der Waals surface area contributed by atoms with Crippen LogP contribution < -0.4 is 10.1 Å². The second-order valence-corrected chi connectivity index (χ2v) is 8.69. The molecule has 162 valence electrons. The minimum absolute atomic E-state index is 0.130. The standard InChI is InChI=1S/C23H20BrN5O2S/c1-15-3-8-20(19(24)13-15)26-21(30)14-32-23-28-27-22(16-9-11-25-12-10-16)29(23)17-4-6-18(31-2)7-5-17/h3-13H,14H2,1-2H3,(H,26,30). The maximum atomic E-state index is 12.6. The molecule has 1 N–H and O–H groups in total. The van der Waals surface area contributed by atoms with Gasteiger partial charge in [-0.3, -0.25) is 14.3 Å². The Morgan fingerprint density at radius 3 is 2.53 bits per heavy atom. The predicted octanol–water partition coefficient (Wildman–Crippen LogP) is 5.14. The second kappa shape index (κ2) is 9.97. The highest BCUT2D eigenvalue weighted by molar-refractivity contribution is 9.10. The van der Waals surface area contributed by atoms with E-state index < -0.39 is 0 Å². The van der Waals surface area contributed by atoms with Crippen molar-refractivity contribution in [2.75, 3.05) is 18.2 Å². The van der Waals surface area contributed by atoms with Crippen molar-refractivity contribution < 1.29 is 9.53 Å². The van der Waals surface area contributed by atoms with Crippen molar-refractivity contribution >= 4 is 39.3 Å². The fraction of sp³-hybridized carbons (Fsp3) is 0.130. The number of rotatable bonds is 7. The average molecular weight is 510 g/mol. The molecule has 0 saturated carbocycles. The summed E-state index contributed by atoms with van der Waals surface area (Å²) in [6, 6.07) is 17.2. The molecule has 2 heterocycles. The molecule has 2 aromatic heterocycles. The van der Waals surface area contributed by atoms with E-state index in [1.165, 1.54) is 11.8 Å². The van der Waals surface area contributed by atoms with Crippen molar-refractivity contribution in [3.63, 3.8) is 0 Å². The third kappa shape index (κ3) is 5.00. The van der Waals surface area contributed by atoms with Crippen molar-refractivity contribution in [1.29, 1.82) is 0 Å². The predicted molar refractivity (Wildman–Crippen MR) is 129 cm³/mol. The summed E-state index contributed by atoms with van der Waals surface area (Å²) >= 11 is 4.81. The lowest BCUT2D eigenvalue weighted by atomic mass is 10.2. The smallest absolute Gasteiger partial charge is 0.234 e. The van der Waals surface area contributed by atoms with Crippen LogP contribution in [0.5, 0.6) is 5.75 Å². The first-order valence-corrected chi connectivity index (χ1v) is 11.5. The Labute approximate surface area is 198 Å². The lowest BCUT2D eigenvalue weighted by Gasteiger charge is -2.11. The number of benzene rings is 2. The quantitative estimate of drug-likeness (QED) is 0.347. The molecule has 0 aliphatic heterocycles. The molecule has 0 spiro atoms. The molecule has 0 radical (unpaired) electrons. The molecular formula is C23H20BrN5O2S. The van der Waals surface area contributed by atoms with E-state index >= 15 is 0 Å². The van der Waals surface area contributed by atoms with E-state index in [-0.39, 0.29) is 11.7 Å².